The van der Waals surface area contributed by atoms with Crippen molar-refractivity contribution >= 4 is 28.9 Å². The molecule has 0 fully saturated rings. The molecule has 1 nitrogen and oxygen atoms in total. The molecule has 0 saturated carbocycles. The SMILES string of the molecule is Cc1ccc(CNc2cc(F)ccc2Cl)c(Cl)c1. The Bertz CT molecular complexity index is 570. The van der Waals surface area contributed by atoms with E-state index < -0.39 is 0 Å². The minimum Gasteiger partial charge on any atom is -0.380 e. The highest BCUT2D eigenvalue weighted by Crippen LogP contribution is 2.24. The minimum absolute atomic E-state index is 0.322. The first-order chi connectivity index (χ1) is 8.56. The van der Waals surface area contributed by atoms with Gasteiger partial charge in [-0.1, -0.05) is 35.3 Å². The van der Waals surface area contributed by atoms with Crippen LogP contribution in [0.4, 0.5) is 10.1 Å². The second-order valence-electron chi connectivity index (χ2n) is 4.07. The topological polar surface area (TPSA) is 12.0 Å². The van der Waals surface area contributed by atoms with Crippen LogP contribution in [0.5, 0.6) is 0 Å². The predicted molar refractivity (Wildman–Crippen MR) is 74.9 cm³/mol. The Kier molecular flexibility index (Phi) is 4.10. The highest BCUT2D eigenvalue weighted by molar-refractivity contribution is 6.33. The Morgan fingerprint density at radius 2 is 1.83 bits per heavy atom. The monoisotopic (exact) mass is 283 g/mol. The summed E-state index contributed by atoms with van der Waals surface area (Å²) < 4.78 is 13.1. The van der Waals surface area contributed by atoms with Crippen molar-refractivity contribution in [2.45, 2.75) is 13.5 Å². The van der Waals surface area contributed by atoms with Gasteiger partial charge in [-0.25, -0.2) is 4.39 Å². The number of benzene rings is 2. The molecule has 0 atom stereocenters. The van der Waals surface area contributed by atoms with Gasteiger partial charge in [-0.15, -0.1) is 0 Å². The summed E-state index contributed by atoms with van der Waals surface area (Å²) in [6, 6.07) is 10.0. The highest BCUT2D eigenvalue weighted by atomic mass is 35.5. The van der Waals surface area contributed by atoms with Crippen LogP contribution in [0, 0.1) is 12.7 Å². The summed E-state index contributed by atoms with van der Waals surface area (Å²) in [5.74, 6) is -0.322. The second-order valence-corrected chi connectivity index (χ2v) is 4.89. The largest absolute Gasteiger partial charge is 0.380 e. The maximum Gasteiger partial charge on any atom is 0.125 e. The Morgan fingerprint density at radius 3 is 2.56 bits per heavy atom. The summed E-state index contributed by atoms with van der Waals surface area (Å²) in [7, 11) is 0. The zero-order valence-electron chi connectivity index (χ0n) is 9.81. The quantitative estimate of drug-likeness (QED) is 0.831. The molecule has 4 heteroatoms. The average Bonchev–Trinajstić information content (AvgIpc) is 2.32. The molecule has 2 aromatic carbocycles. The van der Waals surface area contributed by atoms with E-state index in [9.17, 15) is 4.39 Å². The van der Waals surface area contributed by atoms with Gasteiger partial charge in [0.05, 0.1) is 10.7 Å². The smallest absolute Gasteiger partial charge is 0.125 e. The number of nitrogens with one attached hydrogen (secondary N) is 1. The van der Waals surface area contributed by atoms with E-state index in [0.29, 0.717) is 22.3 Å². The minimum atomic E-state index is -0.322. The molecule has 1 N–H and O–H groups in total. The fourth-order valence-corrected chi connectivity index (χ4v) is 2.11. The zero-order valence-corrected chi connectivity index (χ0v) is 11.3. The van der Waals surface area contributed by atoms with E-state index in [1.54, 1.807) is 0 Å². The molecule has 0 heterocycles. The van der Waals surface area contributed by atoms with Crippen molar-refractivity contribution in [3.05, 3.63) is 63.4 Å². The van der Waals surface area contributed by atoms with Gasteiger partial charge in [0, 0.05) is 11.6 Å². The van der Waals surface area contributed by atoms with Crippen LogP contribution < -0.4 is 5.32 Å². The first-order valence-electron chi connectivity index (χ1n) is 5.50. The molecule has 2 aromatic rings. The fraction of sp³-hybridized carbons (Fsp3) is 0.143. The Balaban J connectivity index is 2.13. The number of hydrogen-bond donors (Lipinski definition) is 1. The van der Waals surface area contributed by atoms with Crippen molar-refractivity contribution in [1.82, 2.24) is 0 Å². The number of hydrogen-bond acceptors (Lipinski definition) is 1. The lowest BCUT2D eigenvalue weighted by atomic mass is 10.1. The lowest BCUT2D eigenvalue weighted by molar-refractivity contribution is 0.628. The van der Waals surface area contributed by atoms with Crippen LogP contribution >= 0.6 is 23.2 Å². The van der Waals surface area contributed by atoms with Gasteiger partial charge in [-0.05, 0) is 42.3 Å². The predicted octanol–water partition coefficient (Wildman–Crippen LogP) is 5.05. The third-order valence-electron chi connectivity index (χ3n) is 2.61. The number of halogens is 3. The summed E-state index contributed by atoms with van der Waals surface area (Å²) in [6.07, 6.45) is 0. The van der Waals surface area contributed by atoms with E-state index in [2.05, 4.69) is 5.32 Å². The van der Waals surface area contributed by atoms with E-state index in [0.717, 1.165) is 11.1 Å². The van der Waals surface area contributed by atoms with Gasteiger partial charge in [-0.2, -0.15) is 0 Å². The summed E-state index contributed by atoms with van der Waals surface area (Å²) in [5, 5.41) is 4.25. The molecule has 2 rings (SSSR count). The maximum absolute atomic E-state index is 13.1. The third-order valence-corrected chi connectivity index (χ3v) is 3.29. The Labute approximate surface area is 116 Å². The summed E-state index contributed by atoms with van der Waals surface area (Å²) >= 11 is 12.1. The van der Waals surface area contributed by atoms with Crippen molar-refractivity contribution in [2.24, 2.45) is 0 Å². The number of anilines is 1. The molecule has 0 aromatic heterocycles. The first-order valence-corrected chi connectivity index (χ1v) is 6.26. The first kappa shape index (κ1) is 13.2. The molecule has 94 valence electrons. The van der Waals surface area contributed by atoms with E-state index in [1.807, 2.05) is 25.1 Å². The molecule has 0 spiro atoms. The van der Waals surface area contributed by atoms with E-state index >= 15 is 0 Å². The van der Waals surface area contributed by atoms with E-state index in [1.165, 1.54) is 18.2 Å². The van der Waals surface area contributed by atoms with Gasteiger partial charge in [0.2, 0.25) is 0 Å². The van der Waals surface area contributed by atoms with Crippen molar-refractivity contribution in [2.75, 3.05) is 5.32 Å². The molecule has 0 saturated heterocycles. The van der Waals surface area contributed by atoms with Crippen LogP contribution in [0.3, 0.4) is 0 Å². The molecule has 0 unspecified atom stereocenters. The molecule has 18 heavy (non-hydrogen) atoms. The van der Waals surface area contributed by atoms with Gasteiger partial charge in [0.1, 0.15) is 5.82 Å². The lowest BCUT2D eigenvalue weighted by Crippen LogP contribution is -2.01. The zero-order chi connectivity index (χ0) is 13.1. The van der Waals surface area contributed by atoms with Crippen molar-refractivity contribution < 1.29 is 4.39 Å². The normalized spacial score (nSPS) is 10.4. The Morgan fingerprint density at radius 1 is 1.06 bits per heavy atom. The van der Waals surface area contributed by atoms with Gasteiger partial charge >= 0.3 is 0 Å². The average molecular weight is 284 g/mol. The summed E-state index contributed by atoms with van der Waals surface area (Å²) in [6.45, 7) is 2.48. The van der Waals surface area contributed by atoms with Crippen LogP contribution in [0.25, 0.3) is 0 Å². The highest BCUT2D eigenvalue weighted by Gasteiger charge is 2.04. The molecular weight excluding hydrogens is 272 g/mol. The van der Waals surface area contributed by atoms with Crippen LogP contribution in [0.15, 0.2) is 36.4 Å². The van der Waals surface area contributed by atoms with E-state index in [-0.39, 0.29) is 5.82 Å². The molecule has 0 radical (unpaired) electrons. The van der Waals surface area contributed by atoms with Crippen molar-refractivity contribution in [3.63, 3.8) is 0 Å². The summed E-state index contributed by atoms with van der Waals surface area (Å²) in [5.41, 5.74) is 2.61. The fourth-order valence-electron chi connectivity index (χ4n) is 1.62. The van der Waals surface area contributed by atoms with Crippen LogP contribution in [-0.2, 0) is 6.54 Å². The van der Waals surface area contributed by atoms with Gasteiger partial charge in [-0.3, -0.25) is 0 Å². The maximum atomic E-state index is 13.1. The van der Waals surface area contributed by atoms with Crippen LogP contribution in [0.2, 0.25) is 10.0 Å². The van der Waals surface area contributed by atoms with Crippen LogP contribution in [-0.4, -0.2) is 0 Å². The molecule has 0 bridgehead atoms. The third kappa shape index (κ3) is 3.15. The summed E-state index contributed by atoms with van der Waals surface area (Å²) in [4.78, 5) is 0. The van der Waals surface area contributed by atoms with Gasteiger partial charge in [0.15, 0.2) is 0 Å². The van der Waals surface area contributed by atoms with Crippen LogP contribution in [0.1, 0.15) is 11.1 Å². The van der Waals surface area contributed by atoms with E-state index in [4.69, 9.17) is 23.2 Å². The van der Waals surface area contributed by atoms with Gasteiger partial charge < -0.3 is 5.32 Å². The standard InChI is InChI=1S/C14H12Cl2FN/c1-9-2-3-10(13(16)6-9)8-18-14-7-11(17)4-5-12(14)15/h2-7,18H,8H2,1H3. The van der Waals surface area contributed by atoms with Gasteiger partial charge in [0.25, 0.3) is 0 Å². The molecule has 0 aliphatic carbocycles. The molecule has 0 amide bonds. The number of aryl methyl sites for hydroxylation is 1. The van der Waals surface area contributed by atoms with Crippen molar-refractivity contribution in [3.8, 4) is 0 Å². The number of rotatable bonds is 3. The van der Waals surface area contributed by atoms with Crippen molar-refractivity contribution in [1.29, 1.82) is 0 Å². The lowest BCUT2D eigenvalue weighted by Gasteiger charge is -2.10. The second kappa shape index (κ2) is 5.59. The Hall–Kier alpha value is -1.25. The molecular formula is C14H12Cl2FN. The molecule has 0 aliphatic rings. The molecule has 0 aliphatic heterocycles.